The number of benzene rings is 2. The van der Waals surface area contributed by atoms with Crippen LogP contribution in [0.25, 0.3) is 5.69 Å². The monoisotopic (exact) mass is 484 g/mol. The van der Waals surface area contributed by atoms with Crippen LogP contribution in [0.2, 0.25) is 0 Å². The standard InChI is InChI=1S/C25H29FN4O3S/c1-25(2,3)19-5-11-22(12-6-19)34(32,33)29-16-4-15-28(17-18-29)23-13-14-24(31)30(27-23)21-9-7-20(26)8-10-21/h5-14H,4,15-18H2,1-3H3. The second kappa shape index (κ2) is 9.31. The van der Waals surface area contributed by atoms with Crippen molar-refractivity contribution in [1.82, 2.24) is 14.1 Å². The summed E-state index contributed by atoms with van der Waals surface area (Å²) in [7, 11) is -3.62. The SMILES string of the molecule is CC(C)(C)c1ccc(S(=O)(=O)N2CCCN(c3ccc(=O)n(-c4ccc(F)cc4)n3)CC2)cc1. The molecule has 1 aliphatic rings. The summed E-state index contributed by atoms with van der Waals surface area (Å²) >= 11 is 0. The third-order valence-corrected chi connectivity index (χ3v) is 7.91. The molecule has 9 heteroatoms. The van der Waals surface area contributed by atoms with Crippen LogP contribution in [0.5, 0.6) is 0 Å². The van der Waals surface area contributed by atoms with Crippen molar-refractivity contribution in [3.05, 3.63) is 82.4 Å². The minimum Gasteiger partial charge on any atom is -0.354 e. The Kier molecular flexibility index (Phi) is 6.60. The van der Waals surface area contributed by atoms with Crippen LogP contribution in [0.3, 0.4) is 0 Å². The van der Waals surface area contributed by atoms with Gasteiger partial charge in [0.1, 0.15) is 11.6 Å². The minimum absolute atomic E-state index is 0.0528. The van der Waals surface area contributed by atoms with Gasteiger partial charge in [0.2, 0.25) is 10.0 Å². The van der Waals surface area contributed by atoms with E-state index in [1.165, 1.54) is 39.3 Å². The van der Waals surface area contributed by atoms with E-state index in [1.807, 2.05) is 17.0 Å². The fourth-order valence-corrected chi connectivity index (χ4v) is 5.45. The first-order valence-corrected chi connectivity index (χ1v) is 12.7. The summed E-state index contributed by atoms with van der Waals surface area (Å²) in [6, 6.07) is 15.7. The highest BCUT2D eigenvalue weighted by Crippen LogP contribution is 2.25. The van der Waals surface area contributed by atoms with Crippen LogP contribution < -0.4 is 10.5 Å². The molecular formula is C25H29FN4O3S. The fraction of sp³-hybridized carbons (Fsp3) is 0.360. The number of rotatable bonds is 4. The predicted octanol–water partition coefficient (Wildman–Crippen LogP) is 3.57. The first-order chi connectivity index (χ1) is 16.1. The van der Waals surface area contributed by atoms with Crippen LogP contribution in [0, 0.1) is 5.82 Å². The molecule has 0 aliphatic carbocycles. The van der Waals surface area contributed by atoms with Gasteiger partial charge in [-0.15, -0.1) is 5.10 Å². The van der Waals surface area contributed by atoms with Gasteiger partial charge in [0.15, 0.2) is 0 Å². The molecule has 0 bridgehead atoms. The number of aromatic nitrogens is 2. The molecule has 1 saturated heterocycles. The van der Waals surface area contributed by atoms with Gasteiger partial charge in [-0.2, -0.15) is 8.99 Å². The highest BCUT2D eigenvalue weighted by Gasteiger charge is 2.28. The average molecular weight is 485 g/mol. The number of hydrogen-bond donors (Lipinski definition) is 0. The van der Waals surface area contributed by atoms with Gasteiger partial charge >= 0.3 is 0 Å². The number of anilines is 1. The first-order valence-electron chi connectivity index (χ1n) is 11.3. The summed E-state index contributed by atoms with van der Waals surface area (Å²) in [6.07, 6.45) is 0.622. The van der Waals surface area contributed by atoms with E-state index in [-0.39, 0.29) is 15.9 Å². The van der Waals surface area contributed by atoms with Crippen molar-refractivity contribution in [2.45, 2.75) is 37.5 Å². The summed E-state index contributed by atoms with van der Waals surface area (Å²) < 4.78 is 42.6. The van der Waals surface area contributed by atoms with Crippen molar-refractivity contribution >= 4 is 15.8 Å². The molecule has 1 fully saturated rings. The molecule has 1 aromatic heterocycles. The Labute approximate surface area is 199 Å². The van der Waals surface area contributed by atoms with Gasteiger partial charge in [-0.05, 0) is 59.9 Å². The van der Waals surface area contributed by atoms with Crippen LogP contribution in [0.15, 0.2) is 70.4 Å². The maximum atomic E-state index is 13.3. The van der Waals surface area contributed by atoms with Gasteiger partial charge in [0, 0.05) is 32.2 Å². The molecule has 0 saturated carbocycles. The smallest absolute Gasteiger partial charge is 0.271 e. The zero-order valence-electron chi connectivity index (χ0n) is 19.6. The lowest BCUT2D eigenvalue weighted by Crippen LogP contribution is -2.36. The van der Waals surface area contributed by atoms with Crippen molar-refractivity contribution in [2.24, 2.45) is 0 Å². The van der Waals surface area contributed by atoms with Gasteiger partial charge in [-0.3, -0.25) is 4.79 Å². The first kappa shape index (κ1) is 24.1. The third-order valence-electron chi connectivity index (χ3n) is 5.99. The lowest BCUT2D eigenvalue weighted by Gasteiger charge is -2.23. The Morgan fingerprint density at radius 3 is 2.18 bits per heavy atom. The van der Waals surface area contributed by atoms with Crippen molar-refractivity contribution in [3.8, 4) is 5.69 Å². The van der Waals surface area contributed by atoms with E-state index in [2.05, 4.69) is 25.9 Å². The molecule has 4 rings (SSSR count). The fourth-order valence-electron chi connectivity index (χ4n) is 3.98. The molecule has 3 aromatic rings. The average Bonchev–Trinajstić information content (AvgIpc) is 3.07. The van der Waals surface area contributed by atoms with Gasteiger partial charge < -0.3 is 4.90 Å². The summed E-state index contributed by atoms with van der Waals surface area (Å²) in [4.78, 5) is 14.6. The summed E-state index contributed by atoms with van der Waals surface area (Å²) in [5, 5.41) is 4.46. The summed E-state index contributed by atoms with van der Waals surface area (Å²) in [6.45, 7) is 8.02. The maximum absolute atomic E-state index is 13.3. The molecule has 0 radical (unpaired) electrons. The summed E-state index contributed by atoms with van der Waals surface area (Å²) in [5.74, 6) is 0.174. The molecule has 0 N–H and O–H groups in total. The van der Waals surface area contributed by atoms with Crippen molar-refractivity contribution in [1.29, 1.82) is 0 Å². The Bertz CT molecular complexity index is 1310. The molecular weight excluding hydrogens is 455 g/mol. The van der Waals surface area contributed by atoms with E-state index in [0.717, 1.165) is 5.56 Å². The molecule has 2 aromatic carbocycles. The lowest BCUT2D eigenvalue weighted by atomic mass is 9.87. The van der Waals surface area contributed by atoms with Gasteiger partial charge in [-0.25, -0.2) is 12.8 Å². The molecule has 0 unspecified atom stereocenters. The van der Waals surface area contributed by atoms with Gasteiger partial charge in [-0.1, -0.05) is 32.9 Å². The van der Waals surface area contributed by atoms with E-state index in [4.69, 9.17) is 0 Å². The number of nitrogens with zero attached hydrogens (tertiary/aromatic N) is 4. The Morgan fingerprint density at radius 2 is 1.53 bits per heavy atom. The molecule has 2 heterocycles. The lowest BCUT2D eigenvalue weighted by molar-refractivity contribution is 0.433. The van der Waals surface area contributed by atoms with Crippen molar-refractivity contribution in [3.63, 3.8) is 0 Å². The van der Waals surface area contributed by atoms with E-state index in [9.17, 15) is 17.6 Å². The van der Waals surface area contributed by atoms with Gasteiger partial charge in [0.05, 0.1) is 10.6 Å². The minimum atomic E-state index is -3.62. The molecule has 34 heavy (non-hydrogen) atoms. The van der Waals surface area contributed by atoms with E-state index in [1.54, 1.807) is 18.2 Å². The van der Waals surface area contributed by atoms with Crippen molar-refractivity contribution in [2.75, 3.05) is 31.1 Å². The number of hydrogen-bond acceptors (Lipinski definition) is 5. The highest BCUT2D eigenvalue weighted by atomic mass is 32.2. The molecule has 180 valence electrons. The predicted molar refractivity (Wildman–Crippen MR) is 131 cm³/mol. The van der Waals surface area contributed by atoms with Crippen molar-refractivity contribution < 1.29 is 12.8 Å². The second-order valence-electron chi connectivity index (χ2n) is 9.44. The normalized spacial score (nSPS) is 15.8. The third kappa shape index (κ3) is 5.05. The van der Waals surface area contributed by atoms with Crippen LogP contribution in [0.4, 0.5) is 10.2 Å². The number of sulfonamides is 1. The number of halogens is 1. The van der Waals surface area contributed by atoms with E-state index in [0.29, 0.717) is 44.1 Å². The molecule has 0 amide bonds. The second-order valence-corrected chi connectivity index (χ2v) is 11.4. The maximum Gasteiger partial charge on any atom is 0.271 e. The molecule has 0 atom stereocenters. The zero-order chi connectivity index (χ0) is 24.5. The van der Waals surface area contributed by atoms with Crippen LogP contribution in [-0.2, 0) is 15.4 Å². The van der Waals surface area contributed by atoms with Crippen LogP contribution in [0.1, 0.15) is 32.8 Å². The summed E-state index contributed by atoms with van der Waals surface area (Å²) in [5.41, 5.74) is 1.16. The van der Waals surface area contributed by atoms with Gasteiger partial charge in [0.25, 0.3) is 5.56 Å². The molecule has 7 nitrogen and oxygen atoms in total. The van der Waals surface area contributed by atoms with E-state index >= 15 is 0 Å². The molecule has 0 spiro atoms. The highest BCUT2D eigenvalue weighted by molar-refractivity contribution is 7.89. The largest absolute Gasteiger partial charge is 0.354 e. The topological polar surface area (TPSA) is 75.5 Å². The Balaban J connectivity index is 1.53. The quantitative estimate of drug-likeness (QED) is 0.566. The van der Waals surface area contributed by atoms with E-state index < -0.39 is 15.8 Å². The van der Waals surface area contributed by atoms with Crippen LogP contribution in [-0.4, -0.2) is 48.7 Å². The zero-order valence-corrected chi connectivity index (χ0v) is 20.4. The van der Waals surface area contributed by atoms with Crippen LogP contribution >= 0.6 is 0 Å². The Hall–Kier alpha value is -3.04. The molecule has 1 aliphatic heterocycles. The Morgan fingerprint density at radius 1 is 0.853 bits per heavy atom.